The first-order chi connectivity index (χ1) is 8.72. The summed E-state index contributed by atoms with van der Waals surface area (Å²) in [7, 11) is 0. The Bertz CT molecular complexity index is 312. The minimum Gasteiger partial charge on any atom is -0.375 e. The van der Waals surface area contributed by atoms with Crippen LogP contribution in [-0.4, -0.2) is 36.1 Å². The van der Waals surface area contributed by atoms with Gasteiger partial charge < -0.3 is 9.64 Å². The van der Waals surface area contributed by atoms with Crippen molar-refractivity contribution >= 4 is 5.91 Å². The predicted molar refractivity (Wildman–Crippen MR) is 70.2 cm³/mol. The number of piperidine rings is 1. The highest BCUT2D eigenvalue weighted by molar-refractivity contribution is 5.76. The highest BCUT2D eigenvalue weighted by atomic mass is 16.5. The minimum absolute atomic E-state index is 0.393. The van der Waals surface area contributed by atoms with E-state index >= 15 is 0 Å². The lowest BCUT2D eigenvalue weighted by Gasteiger charge is -2.34. The average Bonchev–Trinajstić information content (AvgIpc) is 2.95. The molecule has 3 rings (SSSR count). The number of nitrogens with zero attached hydrogens (tertiary/aromatic N) is 1. The molecular weight excluding hydrogens is 226 g/mol. The first-order valence-electron chi connectivity index (χ1n) is 7.65. The number of hydrogen-bond donors (Lipinski definition) is 0. The molecule has 2 saturated heterocycles. The van der Waals surface area contributed by atoms with Crippen molar-refractivity contribution in [2.75, 3.05) is 13.1 Å². The molecule has 3 atom stereocenters. The summed E-state index contributed by atoms with van der Waals surface area (Å²) in [4.78, 5) is 14.4. The summed E-state index contributed by atoms with van der Waals surface area (Å²) in [6, 6.07) is 0. The van der Waals surface area contributed by atoms with Crippen LogP contribution in [0.15, 0.2) is 0 Å². The predicted octanol–water partition coefficient (Wildman–Crippen LogP) is 2.59. The topological polar surface area (TPSA) is 29.5 Å². The molecule has 0 aromatic rings. The van der Waals surface area contributed by atoms with Crippen molar-refractivity contribution in [1.29, 1.82) is 0 Å². The van der Waals surface area contributed by atoms with Gasteiger partial charge >= 0.3 is 0 Å². The van der Waals surface area contributed by atoms with Crippen molar-refractivity contribution in [2.45, 2.75) is 64.1 Å². The van der Waals surface area contributed by atoms with Gasteiger partial charge in [-0.3, -0.25) is 4.79 Å². The van der Waals surface area contributed by atoms with Crippen LogP contribution in [0.5, 0.6) is 0 Å². The molecule has 3 aliphatic rings. The number of rotatable bonds is 2. The Morgan fingerprint density at radius 1 is 1.28 bits per heavy atom. The van der Waals surface area contributed by atoms with Gasteiger partial charge in [0.2, 0.25) is 5.91 Å². The van der Waals surface area contributed by atoms with E-state index in [2.05, 4.69) is 11.8 Å². The standard InChI is InChI=1S/C15H25NO2/c1-11-8-13-10-16(7-6-14(13)18-11)15(17)9-12-4-2-3-5-12/h11-14H,2-10H2,1H3/t11-,13-,14+/m1/s1. The number of amides is 1. The van der Waals surface area contributed by atoms with E-state index in [-0.39, 0.29) is 0 Å². The molecule has 1 aliphatic carbocycles. The lowest BCUT2D eigenvalue weighted by atomic mass is 9.92. The maximum absolute atomic E-state index is 12.3. The molecule has 0 radical (unpaired) electrons. The summed E-state index contributed by atoms with van der Waals surface area (Å²) in [5.41, 5.74) is 0. The first-order valence-corrected chi connectivity index (χ1v) is 7.65. The zero-order chi connectivity index (χ0) is 12.5. The van der Waals surface area contributed by atoms with Gasteiger partial charge in [-0.15, -0.1) is 0 Å². The van der Waals surface area contributed by atoms with Gasteiger partial charge in [-0.2, -0.15) is 0 Å². The van der Waals surface area contributed by atoms with E-state index < -0.39 is 0 Å². The molecule has 1 saturated carbocycles. The van der Waals surface area contributed by atoms with Gasteiger partial charge in [0.25, 0.3) is 0 Å². The van der Waals surface area contributed by atoms with Gasteiger partial charge in [0.15, 0.2) is 0 Å². The van der Waals surface area contributed by atoms with Gasteiger partial charge in [-0.05, 0) is 38.5 Å². The van der Waals surface area contributed by atoms with E-state index in [1.54, 1.807) is 0 Å². The van der Waals surface area contributed by atoms with Crippen molar-refractivity contribution in [2.24, 2.45) is 11.8 Å². The fraction of sp³-hybridized carbons (Fsp3) is 0.933. The lowest BCUT2D eigenvalue weighted by molar-refractivity contribution is -0.135. The Hall–Kier alpha value is -0.570. The van der Waals surface area contributed by atoms with E-state index in [9.17, 15) is 4.79 Å². The smallest absolute Gasteiger partial charge is 0.222 e. The largest absolute Gasteiger partial charge is 0.375 e. The number of carbonyl (C=O) groups is 1. The minimum atomic E-state index is 0.393. The molecule has 18 heavy (non-hydrogen) atoms. The van der Waals surface area contributed by atoms with Crippen LogP contribution in [0.25, 0.3) is 0 Å². The second kappa shape index (κ2) is 5.20. The van der Waals surface area contributed by atoms with Crippen LogP contribution in [0.4, 0.5) is 0 Å². The summed E-state index contributed by atoms with van der Waals surface area (Å²) in [6.07, 6.45) is 9.00. The zero-order valence-corrected chi connectivity index (χ0v) is 11.4. The molecule has 2 heterocycles. The first kappa shape index (κ1) is 12.5. The number of carbonyl (C=O) groups excluding carboxylic acids is 1. The third-order valence-electron chi connectivity index (χ3n) is 5.00. The average molecular weight is 251 g/mol. The van der Waals surface area contributed by atoms with E-state index in [0.29, 0.717) is 30.0 Å². The Kier molecular flexibility index (Phi) is 3.60. The van der Waals surface area contributed by atoms with Gasteiger partial charge in [-0.25, -0.2) is 0 Å². The van der Waals surface area contributed by atoms with Crippen molar-refractivity contribution in [3.63, 3.8) is 0 Å². The Labute approximate surface area is 110 Å². The van der Waals surface area contributed by atoms with Crippen LogP contribution in [0.2, 0.25) is 0 Å². The monoisotopic (exact) mass is 251 g/mol. The summed E-state index contributed by atoms with van der Waals surface area (Å²) >= 11 is 0. The maximum Gasteiger partial charge on any atom is 0.222 e. The third-order valence-corrected chi connectivity index (χ3v) is 5.00. The Morgan fingerprint density at radius 3 is 2.83 bits per heavy atom. The molecule has 0 N–H and O–H groups in total. The van der Waals surface area contributed by atoms with E-state index in [0.717, 1.165) is 32.4 Å². The van der Waals surface area contributed by atoms with E-state index in [4.69, 9.17) is 4.74 Å². The highest BCUT2D eigenvalue weighted by Gasteiger charge is 2.38. The Morgan fingerprint density at radius 2 is 2.06 bits per heavy atom. The van der Waals surface area contributed by atoms with Gasteiger partial charge in [0, 0.05) is 25.4 Å². The molecule has 3 nitrogen and oxygen atoms in total. The zero-order valence-electron chi connectivity index (χ0n) is 11.4. The molecule has 3 heteroatoms. The molecule has 1 amide bonds. The summed E-state index contributed by atoms with van der Waals surface area (Å²) in [5, 5.41) is 0. The SMILES string of the molecule is C[C@@H]1C[C@@H]2CN(C(=O)CC3CCCC3)CC[C@@H]2O1. The van der Waals surface area contributed by atoms with Crippen LogP contribution in [-0.2, 0) is 9.53 Å². The highest BCUT2D eigenvalue weighted by Crippen LogP contribution is 2.34. The quantitative estimate of drug-likeness (QED) is 0.755. The molecule has 2 aliphatic heterocycles. The van der Waals surface area contributed by atoms with E-state index in [1.807, 2.05) is 0 Å². The summed E-state index contributed by atoms with van der Waals surface area (Å²) in [6.45, 7) is 4.02. The van der Waals surface area contributed by atoms with Crippen molar-refractivity contribution in [3.05, 3.63) is 0 Å². The number of likely N-dealkylation sites (tertiary alicyclic amines) is 1. The van der Waals surface area contributed by atoms with Crippen LogP contribution in [0.3, 0.4) is 0 Å². The number of hydrogen-bond acceptors (Lipinski definition) is 2. The second-order valence-electron chi connectivity index (χ2n) is 6.46. The van der Waals surface area contributed by atoms with Crippen LogP contribution >= 0.6 is 0 Å². The second-order valence-corrected chi connectivity index (χ2v) is 6.46. The van der Waals surface area contributed by atoms with Gasteiger partial charge in [0.05, 0.1) is 12.2 Å². The molecule has 0 spiro atoms. The fourth-order valence-electron chi connectivity index (χ4n) is 4.01. The van der Waals surface area contributed by atoms with Crippen LogP contribution < -0.4 is 0 Å². The van der Waals surface area contributed by atoms with Gasteiger partial charge in [-0.1, -0.05) is 12.8 Å². The summed E-state index contributed by atoms with van der Waals surface area (Å²) in [5.74, 6) is 1.68. The molecule has 0 bridgehead atoms. The van der Waals surface area contributed by atoms with Crippen LogP contribution in [0.1, 0.15) is 51.9 Å². The summed E-state index contributed by atoms with van der Waals surface area (Å²) < 4.78 is 5.89. The molecular formula is C15H25NO2. The molecule has 102 valence electrons. The van der Waals surface area contributed by atoms with Gasteiger partial charge in [0.1, 0.15) is 0 Å². The Balaban J connectivity index is 1.52. The maximum atomic E-state index is 12.3. The fourth-order valence-corrected chi connectivity index (χ4v) is 4.01. The molecule has 0 unspecified atom stereocenters. The molecule has 0 aromatic carbocycles. The molecule has 3 fully saturated rings. The molecule has 0 aromatic heterocycles. The normalized spacial score (nSPS) is 36.9. The van der Waals surface area contributed by atoms with Crippen molar-refractivity contribution < 1.29 is 9.53 Å². The third kappa shape index (κ3) is 2.56. The number of ether oxygens (including phenoxy) is 1. The van der Waals surface area contributed by atoms with Crippen molar-refractivity contribution in [3.8, 4) is 0 Å². The lowest BCUT2D eigenvalue weighted by Crippen LogP contribution is -2.44. The van der Waals surface area contributed by atoms with E-state index in [1.165, 1.54) is 25.7 Å². The van der Waals surface area contributed by atoms with Crippen LogP contribution in [0, 0.1) is 11.8 Å². The van der Waals surface area contributed by atoms with Crippen molar-refractivity contribution in [1.82, 2.24) is 4.90 Å². The number of fused-ring (bicyclic) bond motifs is 1.